The zero-order valence-corrected chi connectivity index (χ0v) is 18.5. The van der Waals surface area contributed by atoms with E-state index in [4.69, 9.17) is 9.97 Å². The van der Waals surface area contributed by atoms with Crippen molar-refractivity contribution in [2.75, 3.05) is 23.7 Å². The van der Waals surface area contributed by atoms with Crippen molar-refractivity contribution < 1.29 is 13.2 Å². The molecule has 1 aliphatic carbocycles. The molecular formula is C24H21F3N8. The Labute approximate surface area is 198 Å². The first kappa shape index (κ1) is 21.7. The zero-order chi connectivity index (χ0) is 23.9. The molecule has 35 heavy (non-hydrogen) atoms. The van der Waals surface area contributed by atoms with E-state index >= 15 is 0 Å². The van der Waals surface area contributed by atoms with Crippen LogP contribution in [0.3, 0.4) is 0 Å². The Balaban J connectivity index is 1.41. The molecule has 0 spiro atoms. The molecule has 4 aromatic heterocycles. The van der Waals surface area contributed by atoms with Gasteiger partial charge < -0.3 is 16.0 Å². The molecule has 1 aliphatic heterocycles. The van der Waals surface area contributed by atoms with Crippen LogP contribution in [0.4, 0.5) is 30.6 Å². The van der Waals surface area contributed by atoms with E-state index in [9.17, 15) is 13.2 Å². The average Bonchev–Trinajstić information content (AvgIpc) is 3.58. The number of halogens is 3. The van der Waals surface area contributed by atoms with Gasteiger partial charge in [0.1, 0.15) is 11.6 Å². The van der Waals surface area contributed by atoms with E-state index in [0.717, 1.165) is 54.6 Å². The number of rotatable bonds is 6. The fourth-order valence-electron chi connectivity index (χ4n) is 4.33. The second kappa shape index (κ2) is 8.73. The molecule has 0 radical (unpaired) electrons. The topological polar surface area (TPSA) is 101 Å². The molecule has 0 amide bonds. The molecule has 1 atom stereocenters. The minimum atomic E-state index is -1.34. The van der Waals surface area contributed by atoms with Crippen LogP contribution in [0.2, 0.25) is 0 Å². The molecule has 2 fully saturated rings. The van der Waals surface area contributed by atoms with Gasteiger partial charge in [-0.1, -0.05) is 0 Å². The summed E-state index contributed by atoms with van der Waals surface area (Å²) in [5, 5.41) is 10.4. The maximum absolute atomic E-state index is 14.1. The Bertz CT molecular complexity index is 1420. The van der Waals surface area contributed by atoms with Crippen LogP contribution in [0.5, 0.6) is 0 Å². The SMILES string of the molecule is Fc1cc(F)c(F)c(Nc2cc(-c3nc(N[C@@H]4CCNC4)c4c(C5CC5)cncc4n3)ccn2)n1. The largest absolute Gasteiger partial charge is 0.365 e. The molecule has 1 saturated heterocycles. The molecule has 0 bridgehead atoms. The van der Waals surface area contributed by atoms with Crippen LogP contribution >= 0.6 is 0 Å². The maximum Gasteiger partial charge on any atom is 0.217 e. The monoisotopic (exact) mass is 478 g/mol. The van der Waals surface area contributed by atoms with E-state index in [1.165, 1.54) is 6.20 Å². The standard InChI is InChI=1S/C24H21F3N8/c25-16-8-18(26)33-24(21(16)27)34-19-7-13(3-6-30-19)22-32-17-11-29-10-15(12-1-2-12)20(17)23(35-22)31-14-4-5-28-9-14/h3,6-8,10-12,14,28H,1-2,4-5,9H2,(H,30,33,34)(H,31,32,35)/t14-/m1/s1. The maximum atomic E-state index is 14.1. The third-order valence-electron chi connectivity index (χ3n) is 6.20. The molecule has 0 unspecified atom stereocenters. The number of nitrogens with one attached hydrogen (secondary N) is 3. The first-order chi connectivity index (χ1) is 17.0. The molecule has 5 heterocycles. The smallest absolute Gasteiger partial charge is 0.217 e. The van der Waals surface area contributed by atoms with Crippen molar-refractivity contribution in [1.82, 2.24) is 30.2 Å². The highest BCUT2D eigenvalue weighted by Crippen LogP contribution is 2.44. The van der Waals surface area contributed by atoms with Gasteiger partial charge in [-0.15, -0.1) is 0 Å². The van der Waals surface area contributed by atoms with Crippen molar-refractivity contribution in [2.24, 2.45) is 0 Å². The Hall–Kier alpha value is -3.86. The van der Waals surface area contributed by atoms with Crippen LogP contribution in [0.25, 0.3) is 22.3 Å². The lowest BCUT2D eigenvalue weighted by Gasteiger charge is -2.17. The predicted molar refractivity (Wildman–Crippen MR) is 125 cm³/mol. The second-order valence-electron chi connectivity index (χ2n) is 8.77. The molecule has 6 rings (SSSR count). The quantitative estimate of drug-likeness (QED) is 0.353. The summed E-state index contributed by atoms with van der Waals surface area (Å²) in [4.78, 5) is 21.5. The van der Waals surface area contributed by atoms with Crippen LogP contribution in [-0.4, -0.2) is 44.1 Å². The first-order valence-corrected chi connectivity index (χ1v) is 11.4. The molecule has 178 valence electrons. The first-order valence-electron chi connectivity index (χ1n) is 11.4. The van der Waals surface area contributed by atoms with Crippen molar-refractivity contribution in [1.29, 1.82) is 0 Å². The lowest BCUT2D eigenvalue weighted by molar-refractivity contribution is 0.483. The van der Waals surface area contributed by atoms with Gasteiger partial charge in [0.2, 0.25) is 11.8 Å². The number of hydrogen-bond donors (Lipinski definition) is 3. The van der Waals surface area contributed by atoms with Gasteiger partial charge in [0.05, 0.1) is 11.7 Å². The third kappa shape index (κ3) is 4.34. The number of anilines is 3. The van der Waals surface area contributed by atoms with Crippen LogP contribution in [0.15, 0.2) is 36.8 Å². The number of hydrogen-bond acceptors (Lipinski definition) is 8. The fourth-order valence-corrected chi connectivity index (χ4v) is 4.33. The third-order valence-corrected chi connectivity index (χ3v) is 6.20. The minimum absolute atomic E-state index is 0.141. The molecule has 8 nitrogen and oxygen atoms in total. The summed E-state index contributed by atoms with van der Waals surface area (Å²) in [6, 6.07) is 3.91. The number of nitrogens with zero attached hydrogens (tertiary/aromatic N) is 5. The van der Waals surface area contributed by atoms with E-state index in [1.54, 1.807) is 18.3 Å². The van der Waals surface area contributed by atoms with Crippen molar-refractivity contribution >= 4 is 28.4 Å². The second-order valence-corrected chi connectivity index (χ2v) is 8.77. The molecule has 0 aromatic carbocycles. The summed E-state index contributed by atoms with van der Waals surface area (Å²) in [5.41, 5.74) is 2.46. The highest BCUT2D eigenvalue weighted by atomic mass is 19.2. The lowest BCUT2D eigenvalue weighted by atomic mass is 10.1. The Kier molecular flexibility index (Phi) is 5.40. The van der Waals surface area contributed by atoms with E-state index in [1.807, 2.05) is 6.20 Å². The normalized spacial score (nSPS) is 17.6. The van der Waals surface area contributed by atoms with Gasteiger partial charge in [0, 0.05) is 42.0 Å². The summed E-state index contributed by atoms with van der Waals surface area (Å²) >= 11 is 0. The highest BCUT2D eigenvalue weighted by Gasteiger charge is 2.28. The number of fused-ring (bicyclic) bond motifs is 1. The van der Waals surface area contributed by atoms with Crippen molar-refractivity contribution in [3.63, 3.8) is 0 Å². The minimum Gasteiger partial charge on any atom is -0.365 e. The van der Waals surface area contributed by atoms with E-state index in [2.05, 4.69) is 30.9 Å². The Morgan fingerprint density at radius 3 is 2.66 bits per heavy atom. The molecule has 3 N–H and O–H groups in total. The Morgan fingerprint density at radius 1 is 0.971 bits per heavy atom. The fraction of sp³-hybridized carbons (Fsp3) is 0.292. The molecule has 4 aromatic rings. The van der Waals surface area contributed by atoms with Crippen LogP contribution in [-0.2, 0) is 0 Å². The van der Waals surface area contributed by atoms with E-state index in [-0.39, 0.29) is 11.9 Å². The Morgan fingerprint density at radius 2 is 1.86 bits per heavy atom. The van der Waals surface area contributed by atoms with Crippen LogP contribution in [0, 0.1) is 17.6 Å². The summed E-state index contributed by atoms with van der Waals surface area (Å²) in [6.45, 7) is 1.78. The van der Waals surface area contributed by atoms with Gasteiger partial charge in [0.15, 0.2) is 17.5 Å². The van der Waals surface area contributed by atoms with Gasteiger partial charge in [0.25, 0.3) is 0 Å². The van der Waals surface area contributed by atoms with Gasteiger partial charge in [-0.2, -0.15) is 13.8 Å². The van der Waals surface area contributed by atoms with Crippen molar-refractivity contribution in [2.45, 2.75) is 31.2 Å². The predicted octanol–water partition coefficient (Wildman–Crippen LogP) is 4.29. The molecule has 2 aliphatic rings. The van der Waals surface area contributed by atoms with Crippen molar-refractivity contribution in [3.8, 4) is 11.4 Å². The van der Waals surface area contributed by atoms with Gasteiger partial charge in [-0.25, -0.2) is 19.3 Å². The molecule has 11 heteroatoms. The van der Waals surface area contributed by atoms with E-state index in [0.29, 0.717) is 23.4 Å². The number of pyridine rings is 3. The summed E-state index contributed by atoms with van der Waals surface area (Å²) in [5.74, 6) is -2.60. The van der Waals surface area contributed by atoms with Crippen LogP contribution in [0.1, 0.15) is 30.7 Å². The van der Waals surface area contributed by atoms with Gasteiger partial charge >= 0.3 is 0 Å². The average molecular weight is 478 g/mol. The van der Waals surface area contributed by atoms with Gasteiger partial charge in [-0.05, 0) is 49.4 Å². The summed E-state index contributed by atoms with van der Waals surface area (Å²) in [6.07, 6.45) is 8.33. The number of aromatic nitrogens is 5. The van der Waals surface area contributed by atoms with Gasteiger partial charge in [-0.3, -0.25) is 4.98 Å². The van der Waals surface area contributed by atoms with Crippen molar-refractivity contribution in [3.05, 3.63) is 59.9 Å². The van der Waals surface area contributed by atoms with Crippen LogP contribution < -0.4 is 16.0 Å². The molecular weight excluding hydrogens is 457 g/mol. The highest BCUT2D eigenvalue weighted by molar-refractivity contribution is 5.93. The molecule has 1 saturated carbocycles. The summed E-state index contributed by atoms with van der Waals surface area (Å²) in [7, 11) is 0. The lowest BCUT2D eigenvalue weighted by Crippen LogP contribution is -2.23. The zero-order valence-electron chi connectivity index (χ0n) is 18.5. The summed E-state index contributed by atoms with van der Waals surface area (Å²) < 4.78 is 41.2. The van der Waals surface area contributed by atoms with E-state index < -0.39 is 23.4 Å².